The van der Waals surface area contributed by atoms with Crippen molar-refractivity contribution in [1.82, 2.24) is 19.8 Å². The summed E-state index contributed by atoms with van der Waals surface area (Å²) in [4.78, 5) is 30.3. The Labute approximate surface area is 239 Å². The first kappa shape index (κ1) is 26.8. The first-order valence-electron chi connectivity index (χ1n) is 13.9. The molecule has 0 spiro atoms. The SMILES string of the molecule is C=C(F)C(=O)N1CCN(c2nc(OC[C@H]3CCCN3C)nc3c2CCN(c2cccc4cccc(Cl)c24)C3)CC1. The van der Waals surface area contributed by atoms with Crippen molar-refractivity contribution >= 4 is 39.8 Å². The molecule has 8 nitrogen and oxygen atoms in total. The first-order valence-corrected chi connectivity index (χ1v) is 14.3. The standard InChI is InChI=1S/C30H34ClFN6O2/c1-20(32)29(39)37-16-14-36(15-17-37)28-23-11-13-38(26-10-4-7-21-6-3-9-24(31)27(21)26)18-25(23)33-30(34-28)40-19-22-8-5-12-35(22)2/h3-4,6-7,9-10,22H,1,5,8,11-19H2,2H3/t22-/m1/s1. The number of amides is 1. The third-order valence-corrected chi connectivity index (χ3v) is 8.69. The number of likely N-dealkylation sites (N-methyl/N-ethyl adjacent to an activating group) is 1. The van der Waals surface area contributed by atoms with Gasteiger partial charge < -0.3 is 24.3 Å². The average molecular weight is 565 g/mol. The third kappa shape index (κ3) is 5.20. The van der Waals surface area contributed by atoms with E-state index in [1.54, 1.807) is 0 Å². The second-order valence-corrected chi connectivity index (χ2v) is 11.2. The molecule has 4 heterocycles. The van der Waals surface area contributed by atoms with Gasteiger partial charge in [0.2, 0.25) is 0 Å². The molecule has 40 heavy (non-hydrogen) atoms. The minimum atomic E-state index is -0.922. The van der Waals surface area contributed by atoms with Crippen molar-refractivity contribution in [3.63, 3.8) is 0 Å². The normalized spacial score (nSPS) is 19.7. The van der Waals surface area contributed by atoms with Gasteiger partial charge in [0.1, 0.15) is 12.4 Å². The number of rotatable bonds is 6. The van der Waals surface area contributed by atoms with E-state index in [1.165, 1.54) is 4.90 Å². The Morgan fingerprint density at radius 3 is 2.58 bits per heavy atom. The number of piperazine rings is 1. The molecule has 2 saturated heterocycles. The molecular weight excluding hydrogens is 531 g/mol. The monoisotopic (exact) mass is 564 g/mol. The number of hydrogen-bond donors (Lipinski definition) is 0. The quantitative estimate of drug-likeness (QED) is 0.410. The smallest absolute Gasteiger partial charge is 0.318 e. The fourth-order valence-electron chi connectivity index (χ4n) is 6.11. The lowest BCUT2D eigenvalue weighted by Gasteiger charge is -2.38. The van der Waals surface area contributed by atoms with Crippen LogP contribution in [0.4, 0.5) is 15.9 Å². The van der Waals surface area contributed by atoms with Crippen LogP contribution in [0.5, 0.6) is 6.01 Å². The predicted octanol–water partition coefficient (Wildman–Crippen LogP) is 4.45. The highest BCUT2D eigenvalue weighted by atomic mass is 35.5. The van der Waals surface area contributed by atoms with Crippen LogP contribution in [0.25, 0.3) is 10.8 Å². The highest BCUT2D eigenvalue weighted by Gasteiger charge is 2.30. The molecule has 0 bridgehead atoms. The van der Waals surface area contributed by atoms with Gasteiger partial charge in [0, 0.05) is 55.4 Å². The van der Waals surface area contributed by atoms with E-state index in [0.29, 0.717) is 51.4 Å². The van der Waals surface area contributed by atoms with Crippen LogP contribution in [0.1, 0.15) is 24.1 Å². The van der Waals surface area contributed by atoms with Crippen molar-refractivity contribution in [2.45, 2.75) is 31.8 Å². The van der Waals surface area contributed by atoms with E-state index in [4.69, 9.17) is 26.3 Å². The Hall–Kier alpha value is -3.43. The number of nitrogens with zero attached hydrogens (tertiary/aromatic N) is 6. The average Bonchev–Trinajstić information content (AvgIpc) is 3.39. The molecule has 6 rings (SSSR count). The second kappa shape index (κ2) is 11.2. The Morgan fingerprint density at radius 2 is 1.85 bits per heavy atom. The number of fused-ring (bicyclic) bond motifs is 2. The summed E-state index contributed by atoms with van der Waals surface area (Å²) in [7, 11) is 2.13. The fraction of sp³-hybridized carbons (Fsp3) is 0.433. The van der Waals surface area contributed by atoms with Gasteiger partial charge in [0.25, 0.3) is 5.91 Å². The van der Waals surface area contributed by atoms with E-state index in [2.05, 4.69) is 52.6 Å². The molecule has 1 atom stereocenters. The van der Waals surface area contributed by atoms with Gasteiger partial charge in [-0.15, -0.1) is 0 Å². The zero-order valence-corrected chi connectivity index (χ0v) is 23.5. The molecule has 3 aliphatic rings. The Balaban J connectivity index is 1.30. The van der Waals surface area contributed by atoms with Crippen LogP contribution in [0.15, 0.2) is 48.8 Å². The summed E-state index contributed by atoms with van der Waals surface area (Å²) in [5.41, 5.74) is 3.12. The topological polar surface area (TPSA) is 65.0 Å². The first-order chi connectivity index (χ1) is 19.4. The maximum atomic E-state index is 13.5. The molecule has 2 aromatic carbocycles. The Morgan fingerprint density at radius 1 is 1.07 bits per heavy atom. The van der Waals surface area contributed by atoms with Gasteiger partial charge in [-0.25, -0.2) is 4.39 Å². The molecule has 2 fully saturated rings. The van der Waals surface area contributed by atoms with Crippen LogP contribution in [0.2, 0.25) is 5.02 Å². The molecular formula is C30H34ClFN6O2. The van der Waals surface area contributed by atoms with Crippen molar-refractivity contribution in [2.24, 2.45) is 0 Å². The minimum Gasteiger partial charge on any atom is -0.462 e. The van der Waals surface area contributed by atoms with Crippen molar-refractivity contribution in [3.05, 3.63) is 65.1 Å². The molecule has 0 radical (unpaired) electrons. The molecule has 1 amide bonds. The van der Waals surface area contributed by atoms with E-state index in [9.17, 15) is 9.18 Å². The van der Waals surface area contributed by atoms with Gasteiger partial charge in [0.15, 0.2) is 5.83 Å². The van der Waals surface area contributed by atoms with Gasteiger partial charge in [-0.1, -0.05) is 42.4 Å². The molecule has 0 saturated carbocycles. The lowest BCUT2D eigenvalue weighted by molar-refractivity contribution is -0.128. The van der Waals surface area contributed by atoms with E-state index in [1.807, 2.05) is 12.1 Å². The molecule has 3 aliphatic heterocycles. The van der Waals surface area contributed by atoms with Crippen LogP contribution in [-0.2, 0) is 17.8 Å². The maximum absolute atomic E-state index is 13.5. The zero-order valence-electron chi connectivity index (χ0n) is 22.8. The summed E-state index contributed by atoms with van der Waals surface area (Å²) < 4.78 is 19.7. The summed E-state index contributed by atoms with van der Waals surface area (Å²) in [6, 6.07) is 13.0. The molecule has 0 unspecified atom stereocenters. The molecule has 210 valence electrons. The number of hydrogen-bond acceptors (Lipinski definition) is 7. The molecule has 0 N–H and O–H groups in total. The van der Waals surface area contributed by atoms with Crippen LogP contribution in [-0.4, -0.2) is 84.6 Å². The van der Waals surface area contributed by atoms with Crippen LogP contribution >= 0.6 is 11.6 Å². The van der Waals surface area contributed by atoms with Crippen LogP contribution in [0, 0.1) is 0 Å². The highest BCUT2D eigenvalue weighted by Crippen LogP contribution is 2.37. The number of anilines is 2. The number of carbonyl (C=O) groups excluding carboxylic acids is 1. The molecule has 10 heteroatoms. The van der Waals surface area contributed by atoms with Gasteiger partial charge in [-0.3, -0.25) is 4.79 Å². The zero-order chi connectivity index (χ0) is 27.8. The minimum absolute atomic E-state index is 0.348. The van der Waals surface area contributed by atoms with Crippen molar-refractivity contribution < 1.29 is 13.9 Å². The summed E-state index contributed by atoms with van der Waals surface area (Å²) in [5, 5.41) is 2.88. The van der Waals surface area contributed by atoms with Gasteiger partial charge >= 0.3 is 6.01 Å². The van der Waals surface area contributed by atoms with Crippen molar-refractivity contribution in [3.8, 4) is 6.01 Å². The number of aromatic nitrogens is 2. The number of benzene rings is 2. The predicted molar refractivity (Wildman–Crippen MR) is 156 cm³/mol. The molecule has 1 aromatic heterocycles. The third-order valence-electron chi connectivity index (χ3n) is 8.37. The molecule has 0 aliphatic carbocycles. The molecule has 3 aromatic rings. The number of ether oxygens (including phenoxy) is 1. The van der Waals surface area contributed by atoms with E-state index >= 15 is 0 Å². The number of halogens is 2. The van der Waals surface area contributed by atoms with Gasteiger partial charge in [0.05, 0.1) is 17.3 Å². The summed E-state index contributed by atoms with van der Waals surface area (Å²) in [6.45, 7) is 8.09. The van der Waals surface area contributed by atoms with E-state index in [0.717, 1.165) is 70.9 Å². The van der Waals surface area contributed by atoms with Gasteiger partial charge in [-0.05, 0) is 50.4 Å². The van der Waals surface area contributed by atoms with Crippen molar-refractivity contribution in [2.75, 3.05) is 62.7 Å². The lowest BCUT2D eigenvalue weighted by atomic mass is 10.0. The summed E-state index contributed by atoms with van der Waals surface area (Å²) in [6.07, 6.45) is 3.02. The maximum Gasteiger partial charge on any atom is 0.318 e. The van der Waals surface area contributed by atoms with Crippen molar-refractivity contribution in [1.29, 1.82) is 0 Å². The fourth-order valence-corrected chi connectivity index (χ4v) is 6.39. The second-order valence-electron chi connectivity index (χ2n) is 10.8. The number of likely N-dealkylation sites (tertiary alicyclic amines) is 1. The summed E-state index contributed by atoms with van der Waals surface area (Å²) in [5.74, 6) is -0.714. The number of carbonyl (C=O) groups is 1. The van der Waals surface area contributed by atoms with E-state index in [-0.39, 0.29) is 0 Å². The summed E-state index contributed by atoms with van der Waals surface area (Å²) >= 11 is 6.66. The van der Waals surface area contributed by atoms with Crippen LogP contribution < -0.4 is 14.5 Å². The Bertz CT molecular complexity index is 1440. The van der Waals surface area contributed by atoms with Gasteiger partial charge in [-0.2, -0.15) is 9.97 Å². The van der Waals surface area contributed by atoms with Crippen LogP contribution in [0.3, 0.4) is 0 Å². The largest absolute Gasteiger partial charge is 0.462 e. The lowest BCUT2D eigenvalue weighted by Crippen LogP contribution is -2.49. The highest BCUT2D eigenvalue weighted by molar-refractivity contribution is 6.36. The Kier molecular flexibility index (Phi) is 7.51. The van der Waals surface area contributed by atoms with E-state index < -0.39 is 11.7 Å².